The summed E-state index contributed by atoms with van der Waals surface area (Å²) in [6.45, 7) is 22.7. The normalized spacial score (nSPS) is 17.2. The molecule has 14 nitrogen and oxygen atoms in total. The van der Waals surface area contributed by atoms with Crippen LogP contribution >= 0.6 is 0 Å². The number of amides is 2. The van der Waals surface area contributed by atoms with E-state index in [9.17, 15) is 9.59 Å². The number of carbonyl (C=O) groups excluding carboxylic acids is 2. The summed E-state index contributed by atoms with van der Waals surface area (Å²) in [5, 5.41) is 6.24. The van der Waals surface area contributed by atoms with Gasteiger partial charge in [-0.25, -0.2) is 0 Å². The Morgan fingerprint density at radius 3 is 0.646 bits per heavy atom. The Balaban J connectivity index is 0.761. The van der Waals surface area contributed by atoms with Gasteiger partial charge in [0.05, 0.1) is 39.5 Å². The highest BCUT2D eigenvalue weighted by Crippen LogP contribution is 2.14. The summed E-state index contributed by atoms with van der Waals surface area (Å²) in [6.07, 6.45) is 0. The Bertz CT molecular complexity index is 2330. The highest BCUT2D eigenvalue weighted by molar-refractivity contribution is 5.78. The van der Waals surface area contributed by atoms with Gasteiger partial charge in [-0.15, -0.1) is 0 Å². The number of ether oxygens (including phenoxy) is 2. The van der Waals surface area contributed by atoms with Crippen LogP contribution in [0, 0.1) is 0 Å². The molecule has 2 heterocycles. The van der Waals surface area contributed by atoms with E-state index < -0.39 is 0 Å². The molecule has 0 saturated carbocycles. The van der Waals surface area contributed by atoms with Gasteiger partial charge in [0, 0.05) is 157 Å². The van der Waals surface area contributed by atoms with E-state index in [1.54, 1.807) is 0 Å². The largest absolute Gasteiger partial charge is 0.377 e. The predicted octanol–water partition coefficient (Wildman–Crippen LogP) is 6.90. The van der Waals surface area contributed by atoms with Crippen molar-refractivity contribution in [3.05, 3.63) is 215 Å². The topological polar surface area (TPSA) is 103 Å². The Hall–Kier alpha value is -6.14. The van der Waals surface area contributed by atoms with Crippen molar-refractivity contribution in [3.63, 3.8) is 0 Å². The van der Waals surface area contributed by atoms with Crippen molar-refractivity contribution >= 4 is 11.8 Å². The molecule has 0 aliphatic carbocycles. The molecule has 0 radical (unpaired) electrons. The minimum atomic E-state index is 0.00793. The average molecular weight is 1110 g/mol. The first kappa shape index (κ1) is 61.9. The number of nitrogens with zero attached hydrogens (tertiary/aromatic N) is 8. The van der Waals surface area contributed by atoms with E-state index in [4.69, 9.17) is 9.47 Å². The van der Waals surface area contributed by atoms with Crippen LogP contribution in [0.15, 0.2) is 182 Å². The van der Waals surface area contributed by atoms with E-state index in [0.717, 1.165) is 144 Å². The van der Waals surface area contributed by atoms with E-state index in [0.29, 0.717) is 52.6 Å². The number of nitrogens with one attached hydrogen (secondary N) is 2. The second-order valence-corrected chi connectivity index (χ2v) is 22.0. The molecule has 8 rings (SSSR count). The van der Waals surface area contributed by atoms with Gasteiger partial charge in [-0.2, -0.15) is 0 Å². The molecule has 82 heavy (non-hydrogen) atoms. The van der Waals surface area contributed by atoms with Gasteiger partial charge in [-0.3, -0.25) is 48.8 Å². The van der Waals surface area contributed by atoms with Crippen molar-refractivity contribution in [3.8, 4) is 0 Å². The van der Waals surface area contributed by atoms with Gasteiger partial charge >= 0.3 is 0 Å². The molecule has 0 unspecified atom stereocenters. The van der Waals surface area contributed by atoms with Crippen LogP contribution in [-0.4, -0.2) is 208 Å². The third-order valence-electron chi connectivity index (χ3n) is 15.6. The molecule has 2 saturated heterocycles. The van der Waals surface area contributed by atoms with Crippen LogP contribution in [0.1, 0.15) is 33.4 Å². The molecule has 2 aliphatic rings. The van der Waals surface area contributed by atoms with Crippen molar-refractivity contribution < 1.29 is 19.1 Å². The van der Waals surface area contributed by atoms with Crippen LogP contribution in [0.5, 0.6) is 0 Å². The van der Waals surface area contributed by atoms with Gasteiger partial charge in [0.1, 0.15) is 0 Å². The average Bonchev–Trinajstić information content (AvgIpc) is 3.55. The molecular formula is C68H92N10O4. The highest BCUT2D eigenvalue weighted by Gasteiger charge is 2.22. The zero-order valence-electron chi connectivity index (χ0n) is 48.7. The third-order valence-corrected chi connectivity index (χ3v) is 15.6. The second-order valence-electron chi connectivity index (χ2n) is 22.0. The van der Waals surface area contributed by atoms with Gasteiger partial charge < -0.3 is 20.1 Å². The SMILES string of the molecule is O=C(CN1CCN(Cc2ccccc2)CCN(Cc2ccccc2)CCN(Cc2ccccc2)CC1)NCCOCCOCCNC(=O)CN1CCN(Cc2ccccc2)CCN(Cc2ccccc2)CCN(Cc2ccccc2)CC1. The van der Waals surface area contributed by atoms with E-state index in [1.165, 1.54) is 33.4 Å². The smallest absolute Gasteiger partial charge is 0.234 e. The predicted molar refractivity (Wildman–Crippen MR) is 331 cm³/mol. The lowest BCUT2D eigenvalue weighted by atomic mass is 10.2. The van der Waals surface area contributed by atoms with Crippen LogP contribution in [0.3, 0.4) is 0 Å². The summed E-state index contributed by atoms with van der Waals surface area (Å²) >= 11 is 0. The van der Waals surface area contributed by atoms with Crippen LogP contribution in [0.25, 0.3) is 0 Å². The van der Waals surface area contributed by atoms with E-state index in [-0.39, 0.29) is 11.8 Å². The summed E-state index contributed by atoms with van der Waals surface area (Å²) in [5.74, 6) is 0.0159. The van der Waals surface area contributed by atoms with Gasteiger partial charge in [-0.05, 0) is 33.4 Å². The quantitative estimate of drug-likeness (QED) is 0.0584. The molecule has 2 N–H and O–H groups in total. The van der Waals surface area contributed by atoms with Crippen molar-refractivity contribution in [2.45, 2.75) is 39.3 Å². The monoisotopic (exact) mass is 1110 g/mol. The van der Waals surface area contributed by atoms with E-state index >= 15 is 0 Å². The van der Waals surface area contributed by atoms with Gasteiger partial charge in [-0.1, -0.05) is 182 Å². The maximum atomic E-state index is 13.5. The van der Waals surface area contributed by atoms with Crippen molar-refractivity contribution in [2.24, 2.45) is 0 Å². The van der Waals surface area contributed by atoms with Gasteiger partial charge in [0.15, 0.2) is 0 Å². The molecule has 6 aromatic carbocycles. The Morgan fingerprint density at radius 1 is 0.268 bits per heavy atom. The minimum absolute atomic E-state index is 0.00793. The third kappa shape index (κ3) is 24.4. The summed E-state index contributed by atoms with van der Waals surface area (Å²) in [6, 6.07) is 64.6. The Morgan fingerprint density at radius 2 is 0.451 bits per heavy atom. The molecular weight excluding hydrogens is 1020 g/mol. The fourth-order valence-corrected chi connectivity index (χ4v) is 10.8. The minimum Gasteiger partial charge on any atom is -0.377 e. The van der Waals surface area contributed by atoms with E-state index in [1.807, 2.05) is 0 Å². The Kier molecular flexibility index (Phi) is 27.5. The maximum Gasteiger partial charge on any atom is 0.234 e. The molecule has 2 fully saturated rings. The summed E-state index contributed by atoms with van der Waals surface area (Å²) in [4.78, 5) is 47.1. The van der Waals surface area contributed by atoms with Crippen LogP contribution in [0.2, 0.25) is 0 Å². The second kappa shape index (κ2) is 36.4. The number of rotatable bonds is 25. The standard InChI is InChI=1S/C68H92N10O4/c79-67(59-77-45-41-73(55-63-23-11-3-12-24-63)37-33-71(53-61-19-7-1-8-20-61)34-38-74(42-46-77)56-64-25-13-4-14-26-64)69-31-49-81-51-52-82-50-32-70-68(80)60-78-47-43-75(57-65-27-15-5-16-28-65)39-35-72(54-62-21-9-2-10-22-62)36-40-76(44-48-78)58-66-29-17-6-18-30-66/h1-30H,31-60H2,(H,69,79)(H,70,80). The molecule has 14 heteroatoms. The number of hydrogen-bond acceptors (Lipinski definition) is 12. The highest BCUT2D eigenvalue weighted by atomic mass is 16.5. The lowest BCUT2D eigenvalue weighted by molar-refractivity contribution is -0.123. The fraction of sp³-hybridized carbons (Fsp3) is 0.441. The fourth-order valence-electron chi connectivity index (χ4n) is 10.8. The molecule has 0 atom stereocenters. The molecule has 0 aromatic heterocycles. The first-order valence-corrected chi connectivity index (χ1v) is 30.2. The molecule has 438 valence electrons. The lowest BCUT2D eigenvalue weighted by Gasteiger charge is -2.34. The zero-order chi connectivity index (χ0) is 56.5. The first-order valence-electron chi connectivity index (χ1n) is 30.2. The molecule has 6 aromatic rings. The van der Waals surface area contributed by atoms with Crippen LogP contribution in [0.4, 0.5) is 0 Å². The number of hydrogen-bond donors (Lipinski definition) is 2. The van der Waals surface area contributed by atoms with Gasteiger partial charge in [0.2, 0.25) is 11.8 Å². The lowest BCUT2D eigenvalue weighted by Crippen LogP contribution is -2.47. The van der Waals surface area contributed by atoms with Crippen molar-refractivity contribution in [1.82, 2.24) is 49.8 Å². The summed E-state index contributed by atoms with van der Waals surface area (Å²) < 4.78 is 11.8. The van der Waals surface area contributed by atoms with Crippen molar-refractivity contribution in [2.75, 3.05) is 157 Å². The number of carbonyl (C=O) groups is 2. The molecule has 0 bridgehead atoms. The van der Waals surface area contributed by atoms with Gasteiger partial charge in [0.25, 0.3) is 0 Å². The zero-order valence-corrected chi connectivity index (χ0v) is 48.7. The Labute approximate surface area is 490 Å². The summed E-state index contributed by atoms with van der Waals surface area (Å²) in [7, 11) is 0. The van der Waals surface area contributed by atoms with E-state index in [2.05, 4.69) is 232 Å². The number of benzene rings is 6. The molecule has 2 amide bonds. The first-order chi connectivity index (χ1) is 40.4. The summed E-state index contributed by atoms with van der Waals surface area (Å²) in [5.41, 5.74) is 7.88. The molecule has 0 spiro atoms. The maximum absolute atomic E-state index is 13.5. The van der Waals surface area contributed by atoms with Crippen LogP contribution in [-0.2, 0) is 58.3 Å². The van der Waals surface area contributed by atoms with Crippen molar-refractivity contribution in [1.29, 1.82) is 0 Å². The molecule has 2 aliphatic heterocycles. The van der Waals surface area contributed by atoms with Crippen LogP contribution < -0.4 is 10.6 Å².